The van der Waals surface area contributed by atoms with Gasteiger partial charge in [0.2, 0.25) is 0 Å². The lowest BCUT2D eigenvalue weighted by atomic mass is 9.83. The largest absolute Gasteiger partial charge is 0.328 e. The summed E-state index contributed by atoms with van der Waals surface area (Å²) in [5.41, 5.74) is 6.64. The molecule has 1 unspecified atom stereocenters. The number of hydrogen-bond acceptors (Lipinski definition) is 1. The molecule has 1 aliphatic carbocycles. The van der Waals surface area contributed by atoms with Crippen molar-refractivity contribution in [3.8, 4) is 0 Å². The fraction of sp³-hybridized carbons (Fsp3) is 1.00. The van der Waals surface area contributed by atoms with E-state index in [-0.39, 0.29) is 0 Å². The summed E-state index contributed by atoms with van der Waals surface area (Å²) in [4.78, 5) is 0. The van der Waals surface area contributed by atoms with E-state index in [1.165, 1.54) is 57.8 Å². The van der Waals surface area contributed by atoms with E-state index in [0.717, 1.165) is 5.92 Å². The van der Waals surface area contributed by atoms with Crippen LogP contribution >= 0.6 is 0 Å². The highest BCUT2D eigenvalue weighted by atomic mass is 14.6. The highest BCUT2D eigenvalue weighted by molar-refractivity contribution is 4.72. The zero-order valence-electron chi connectivity index (χ0n) is 11.6. The van der Waals surface area contributed by atoms with Gasteiger partial charge >= 0.3 is 0 Å². The van der Waals surface area contributed by atoms with Gasteiger partial charge in [-0.1, -0.05) is 52.9 Å². The van der Waals surface area contributed by atoms with Crippen molar-refractivity contribution < 1.29 is 0 Å². The van der Waals surface area contributed by atoms with Crippen molar-refractivity contribution in [3.63, 3.8) is 0 Å². The second-order valence-corrected chi connectivity index (χ2v) is 6.94. The zero-order valence-corrected chi connectivity index (χ0v) is 11.6. The first kappa shape index (κ1) is 14.0. The average molecular weight is 225 g/mol. The van der Waals surface area contributed by atoms with Crippen molar-refractivity contribution >= 4 is 0 Å². The Morgan fingerprint density at radius 2 is 1.69 bits per heavy atom. The highest BCUT2D eigenvalue weighted by Gasteiger charge is 2.16. The number of rotatable bonds is 5. The van der Waals surface area contributed by atoms with E-state index in [4.69, 9.17) is 5.73 Å². The standard InChI is InChI=1S/C15H31N/c1-15(2,3)12-11-14(16)10-9-13-7-5-4-6-8-13/h13-14H,4-12,16H2,1-3H3. The molecule has 1 nitrogen and oxygen atoms in total. The summed E-state index contributed by atoms with van der Waals surface area (Å²) in [6.45, 7) is 6.92. The first-order valence-corrected chi connectivity index (χ1v) is 7.23. The van der Waals surface area contributed by atoms with Gasteiger partial charge in [-0.25, -0.2) is 0 Å². The van der Waals surface area contributed by atoms with Crippen molar-refractivity contribution in [3.05, 3.63) is 0 Å². The summed E-state index contributed by atoms with van der Waals surface area (Å²) < 4.78 is 0. The zero-order chi connectivity index (χ0) is 12.0. The van der Waals surface area contributed by atoms with Crippen LogP contribution < -0.4 is 5.73 Å². The first-order chi connectivity index (χ1) is 7.47. The molecule has 1 rings (SSSR count). The van der Waals surface area contributed by atoms with Gasteiger partial charge in [-0.15, -0.1) is 0 Å². The maximum Gasteiger partial charge on any atom is 0.00391 e. The Hall–Kier alpha value is -0.0400. The minimum atomic E-state index is 0.446. The lowest BCUT2D eigenvalue weighted by molar-refractivity contribution is 0.303. The normalized spacial score (nSPS) is 21.0. The summed E-state index contributed by atoms with van der Waals surface area (Å²) in [7, 11) is 0. The average Bonchev–Trinajstić information content (AvgIpc) is 2.24. The van der Waals surface area contributed by atoms with Crippen molar-refractivity contribution in [2.24, 2.45) is 17.1 Å². The molecule has 1 aliphatic rings. The first-order valence-electron chi connectivity index (χ1n) is 7.23. The summed E-state index contributed by atoms with van der Waals surface area (Å²) in [6, 6.07) is 0.446. The van der Waals surface area contributed by atoms with E-state index < -0.39 is 0 Å². The third-order valence-corrected chi connectivity index (χ3v) is 3.94. The summed E-state index contributed by atoms with van der Waals surface area (Å²) in [6.07, 6.45) is 12.4. The fourth-order valence-corrected chi connectivity index (χ4v) is 2.69. The molecule has 0 saturated heterocycles. The van der Waals surface area contributed by atoms with E-state index in [1.807, 2.05) is 0 Å². The molecule has 0 aliphatic heterocycles. The van der Waals surface area contributed by atoms with E-state index in [1.54, 1.807) is 0 Å². The SMILES string of the molecule is CC(C)(C)CCC(N)CCC1CCCCC1. The monoisotopic (exact) mass is 225 g/mol. The Bertz CT molecular complexity index is 174. The van der Waals surface area contributed by atoms with Crippen LogP contribution in [0.15, 0.2) is 0 Å². The number of nitrogens with two attached hydrogens (primary N) is 1. The van der Waals surface area contributed by atoms with Gasteiger partial charge in [-0.2, -0.15) is 0 Å². The second kappa shape index (κ2) is 6.64. The molecule has 1 heteroatoms. The predicted octanol–water partition coefficient (Wildman–Crippen LogP) is 4.50. The van der Waals surface area contributed by atoms with Crippen molar-refractivity contribution in [1.82, 2.24) is 0 Å². The van der Waals surface area contributed by atoms with Crippen LogP contribution in [-0.4, -0.2) is 6.04 Å². The van der Waals surface area contributed by atoms with Crippen molar-refractivity contribution in [1.29, 1.82) is 0 Å². The lowest BCUT2D eigenvalue weighted by Crippen LogP contribution is -2.23. The lowest BCUT2D eigenvalue weighted by Gasteiger charge is -2.24. The van der Waals surface area contributed by atoms with Gasteiger partial charge in [0.1, 0.15) is 0 Å². The molecule has 1 saturated carbocycles. The Balaban J connectivity index is 2.07. The van der Waals surface area contributed by atoms with Gasteiger partial charge in [-0.05, 0) is 37.0 Å². The molecule has 1 fully saturated rings. The Morgan fingerprint density at radius 3 is 2.25 bits per heavy atom. The molecule has 0 amide bonds. The van der Waals surface area contributed by atoms with Gasteiger partial charge in [0.25, 0.3) is 0 Å². The van der Waals surface area contributed by atoms with Crippen LogP contribution in [0.5, 0.6) is 0 Å². The van der Waals surface area contributed by atoms with Crippen LogP contribution in [0, 0.1) is 11.3 Å². The van der Waals surface area contributed by atoms with Crippen LogP contribution in [0.3, 0.4) is 0 Å². The highest BCUT2D eigenvalue weighted by Crippen LogP contribution is 2.28. The molecule has 96 valence electrons. The van der Waals surface area contributed by atoms with Crippen LogP contribution in [0.1, 0.15) is 78.6 Å². The maximum absolute atomic E-state index is 6.20. The van der Waals surface area contributed by atoms with Crippen molar-refractivity contribution in [2.45, 2.75) is 84.6 Å². The Labute approximate surface area is 102 Å². The molecule has 0 bridgehead atoms. The van der Waals surface area contributed by atoms with Crippen molar-refractivity contribution in [2.75, 3.05) is 0 Å². The molecule has 0 aromatic carbocycles. The van der Waals surface area contributed by atoms with Gasteiger partial charge < -0.3 is 5.73 Å². The van der Waals surface area contributed by atoms with E-state index >= 15 is 0 Å². The Kier molecular flexibility index (Phi) is 5.82. The van der Waals surface area contributed by atoms with Gasteiger partial charge in [0.05, 0.1) is 0 Å². The molecule has 0 heterocycles. The third kappa shape index (κ3) is 6.52. The fourth-order valence-electron chi connectivity index (χ4n) is 2.69. The van der Waals surface area contributed by atoms with Crippen LogP contribution in [-0.2, 0) is 0 Å². The predicted molar refractivity (Wildman–Crippen MR) is 72.5 cm³/mol. The number of hydrogen-bond donors (Lipinski definition) is 1. The topological polar surface area (TPSA) is 26.0 Å². The molecule has 0 aromatic rings. The molecule has 0 aromatic heterocycles. The minimum absolute atomic E-state index is 0.446. The van der Waals surface area contributed by atoms with E-state index in [2.05, 4.69) is 20.8 Å². The van der Waals surface area contributed by atoms with E-state index in [0.29, 0.717) is 11.5 Å². The molecule has 0 spiro atoms. The quantitative estimate of drug-likeness (QED) is 0.732. The van der Waals surface area contributed by atoms with Gasteiger partial charge in [0, 0.05) is 6.04 Å². The molecule has 16 heavy (non-hydrogen) atoms. The molecular weight excluding hydrogens is 194 g/mol. The minimum Gasteiger partial charge on any atom is -0.328 e. The van der Waals surface area contributed by atoms with Gasteiger partial charge in [-0.3, -0.25) is 0 Å². The Morgan fingerprint density at radius 1 is 1.06 bits per heavy atom. The van der Waals surface area contributed by atoms with Crippen LogP contribution in [0.4, 0.5) is 0 Å². The van der Waals surface area contributed by atoms with Gasteiger partial charge in [0.15, 0.2) is 0 Å². The van der Waals surface area contributed by atoms with Crippen LogP contribution in [0.2, 0.25) is 0 Å². The van der Waals surface area contributed by atoms with Crippen LogP contribution in [0.25, 0.3) is 0 Å². The molecule has 1 atom stereocenters. The molecule has 0 radical (unpaired) electrons. The summed E-state index contributed by atoms with van der Waals surface area (Å²) >= 11 is 0. The third-order valence-electron chi connectivity index (χ3n) is 3.94. The summed E-state index contributed by atoms with van der Waals surface area (Å²) in [5, 5.41) is 0. The molecule has 2 N–H and O–H groups in total. The second-order valence-electron chi connectivity index (χ2n) is 6.94. The smallest absolute Gasteiger partial charge is 0.00391 e. The molecular formula is C15H31N. The maximum atomic E-state index is 6.20. The summed E-state index contributed by atoms with van der Waals surface area (Å²) in [5.74, 6) is 0.995. The van der Waals surface area contributed by atoms with E-state index in [9.17, 15) is 0 Å².